The molecule has 0 saturated heterocycles. The number of hydrogen-bond acceptors (Lipinski definition) is 6. The van der Waals surface area contributed by atoms with Crippen LogP contribution in [-0.4, -0.2) is 22.6 Å². The summed E-state index contributed by atoms with van der Waals surface area (Å²) in [4.78, 5) is 10.9. The monoisotopic (exact) mass is 292 g/mol. The molecular weight excluding hydrogens is 272 g/mol. The molecule has 0 spiro atoms. The Labute approximate surface area is 123 Å². The van der Waals surface area contributed by atoms with E-state index in [1.807, 2.05) is 18.3 Å². The summed E-state index contributed by atoms with van der Waals surface area (Å²) < 4.78 is 5.37. The highest BCUT2D eigenvalue weighted by Gasteiger charge is 2.12. The third-order valence-corrected chi connectivity index (χ3v) is 3.84. The van der Waals surface area contributed by atoms with Gasteiger partial charge in [-0.05, 0) is 32.9 Å². The fourth-order valence-corrected chi connectivity index (χ4v) is 2.95. The molecule has 20 heavy (non-hydrogen) atoms. The summed E-state index contributed by atoms with van der Waals surface area (Å²) in [6.07, 6.45) is 2.40. The van der Waals surface area contributed by atoms with Crippen LogP contribution in [0.4, 0.5) is 11.5 Å². The van der Waals surface area contributed by atoms with Crippen LogP contribution in [0.5, 0.6) is 5.88 Å². The maximum atomic E-state index is 6.01. The van der Waals surface area contributed by atoms with E-state index in [0.29, 0.717) is 24.0 Å². The van der Waals surface area contributed by atoms with Crippen LogP contribution in [-0.2, 0) is 6.42 Å². The number of nitrogens with two attached hydrogens (primary N) is 1. The first-order valence-electron chi connectivity index (χ1n) is 6.65. The minimum absolute atomic E-state index is 0.236. The van der Waals surface area contributed by atoms with Crippen LogP contribution >= 0.6 is 11.3 Å². The van der Waals surface area contributed by atoms with E-state index in [0.717, 1.165) is 6.42 Å². The lowest BCUT2D eigenvalue weighted by atomic mass is 10.2. The number of thiophene rings is 1. The lowest BCUT2D eigenvalue weighted by molar-refractivity contribution is 0.328. The lowest BCUT2D eigenvalue weighted by Crippen LogP contribution is -2.19. The second-order valence-electron chi connectivity index (χ2n) is 4.64. The van der Waals surface area contributed by atoms with Gasteiger partial charge in [-0.1, -0.05) is 0 Å². The summed E-state index contributed by atoms with van der Waals surface area (Å²) in [6.45, 7) is 6.65. The Morgan fingerprint density at radius 1 is 1.40 bits per heavy atom. The van der Waals surface area contributed by atoms with Crippen molar-refractivity contribution in [1.82, 2.24) is 9.97 Å². The molecular formula is C14H20N4OS. The van der Waals surface area contributed by atoms with Crippen molar-refractivity contribution in [2.75, 3.05) is 17.7 Å². The second-order valence-corrected chi connectivity index (χ2v) is 6.01. The molecule has 0 amide bonds. The Morgan fingerprint density at radius 2 is 2.20 bits per heavy atom. The highest BCUT2D eigenvalue weighted by molar-refractivity contribution is 7.11. The number of hydrogen-bond donors (Lipinski definition) is 2. The fraction of sp³-hybridized carbons (Fsp3) is 0.429. The van der Waals surface area contributed by atoms with Gasteiger partial charge in [-0.2, -0.15) is 4.98 Å². The number of nitrogen functional groups attached to an aromatic ring is 1. The first-order valence-corrected chi connectivity index (χ1v) is 7.47. The molecule has 2 aromatic rings. The normalized spacial score (nSPS) is 12.2. The third-order valence-electron chi connectivity index (χ3n) is 2.81. The van der Waals surface area contributed by atoms with E-state index in [4.69, 9.17) is 10.5 Å². The van der Waals surface area contributed by atoms with Gasteiger partial charge >= 0.3 is 0 Å². The van der Waals surface area contributed by atoms with Crippen molar-refractivity contribution in [3.63, 3.8) is 0 Å². The summed E-state index contributed by atoms with van der Waals surface area (Å²) in [7, 11) is 0. The van der Waals surface area contributed by atoms with Gasteiger partial charge in [0, 0.05) is 22.2 Å². The molecule has 0 aliphatic heterocycles. The zero-order valence-corrected chi connectivity index (χ0v) is 12.8. The van der Waals surface area contributed by atoms with Gasteiger partial charge in [0.15, 0.2) is 5.82 Å². The van der Waals surface area contributed by atoms with Gasteiger partial charge < -0.3 is 15.8 Å². The minimum atomic E-state index is 0.236. The van der Waals surface area contributed by atoms with E-state index in [-0.39, 0.29) is 6.04 Å². The second kappa shape index (κ2) is 6.56. The average Bonchev–Trinajstić information content (AvgIpc) is 2.80. The summed E-state index contributed by atoms with van der Waals surface area (Å²) in [5.74, 6) is 1.06. The molecule has 2 heterocycles. The molecule has 108 valence electrons. The van der Waals surface area contributed by atoms with Gasteiger partial charge in [-0.15, -0.1) is 11.3 Å². The topological polar surface area (TPSA) is 73.1 Å². The van der Waals surface area contributed by atoms with E-state index in [1.54, 1.807) is 0 Å². The Bertz CT molecular complexity index is 570. The number of aryl methyl sites for hydroxylation is 1. The van der Waals surface area contributed by atoms with Crippen LogP contribution in [0, 0.1) is 6.92 Å². The van der Waals surface area contributed by atoms with Crippen molar-refractivity contribution in [3.8, 4) is 5.88 Å². The summed E-state index contributed by atoms with van der Waals surface area (Å²) >= 11 is 1.81. The molecule has 1 unspecified atom stereocenters. The van der Waals surface area contributed by atoms with Crippen LogP contribution in [0.1, 0.15) is 23.6 Å². The maximum absolute atomic E-state index is 6.01. The maximum Gasteiger partial charge on any atom is 0.242 e. The van der Waals surface area contributed by atoms with E-state index in [9.17, 15) is 0 Å². The number of aromatic nitrogens is 2. The van der Waals surface area contributed by atoms with E-state index < -0.39 is 0 Å². The first kappa shape index (κ1) is 14.6. The van der Waals surface area contributed by atoms with Gasteiger partial charge in [0.2, 0.25) is 5.88 Å². The molecule has 0 saturated carbocycles. The van der Waals surface area contributed by atoms with Gasteiger partial charge in [0.1, 0.15) is 12.0 Å². The molecule has 5 nitrogen and oxygen atoms in total. The largest absolute Gasteiger partial charge is 0.476 e. The third kappa shape index (κ3) is 3.60. The first-order chi connectivity index (χ1) is 9.60. The lowest BCUT2D eigenvalue weighted by Gasteiger charge is -2.16. The molecule has 0 aliphatic rings. The smallest absolute Gasteiger partial charge is 0.242 e. The standard InChI is InChI=1S/C14H20N4OS/c1-4-19-14-12(15)13(16-8-17-14)18-9(2)7-11-6-5-10(3)20-11/h5-6,8-9H,4,7,15H2,1-3H3,(H,16,17,18). The zero-order valence-electron chi connectivity index (χ0n) is 12.0. The van der Waals surface area contributed by atoms with Gasteiger partial charge in [0.25, 0.3) is 0 Å². The highest BCUT2D eigenvalue weighted by Crippen LogP contribution is 2.26. The van der Waals surface area contributed by atoms with E-state index >= 15 is 0 Å². The number of rotatable bonds is 6. The summed E-state index contributed by atoms with van der Waals surface area (Å²) in [5, 5.41) is 3.32. The van der Waals surface area contributed by atoms with E-state index in [1.165, 1.54) is 16.1 Å². The molecule has 2 aromatic heterocycles. The quantitative estimate of drug-likeness (QED) is 0.856. The van der Waals surface area contributed by atoms with Crippen molar-refractivity contribution in [1.29, 1.82) is 0 Å². The van der Waals surface area contributed by atoms with Gasteiger partial charge in [-0.3, -0.25) is 0 Å². The molecule has 3 N–H and O–H groups in total. The van der Waals surface area contributed by atoms with Crippen molar-refractivity contribution >= 4 is 22.8 Å². The molecule has 0 radical (unpaired) electrons. The zero-order chi connectivity index (χ0) is 14.5. The molecule has 0 aliphatic carbocycles. The molecule has 0 bridgehead atoms. The Kier molecular flexibility index (Phi) is 4.79. The summed E-state index contributed by atoms with van der Waals surface area (Å²) in [5.41, 5.74) is 6.47. The van der Waals surface area contributed by atoms with Crippen LogP contribution in [0.25, 0.3) is 0 Å². The number of ether oxygens (including phenoxy) is 1. The highest BCUT2D eigenvalue weighted by atomic mass is 32.1. The van der Waals surface area contributed by atoms with E-state index in [2.05, 4.69) is 41.3 Å². The predicted molar refractivity (Wildman–Crippen MR) is 83.5 cm³/mol. The van der Waals surface area contributed by atoms with Gasteiger partial charge in [0.05, 0.1) is 6.61 Å². The van der Waals surface area contributed by atoms with Crippen LogP contribution in [0.3, 0.4) is 0 Å². The fourth-order valence-electron chi connectivity index (χ4n) is 1.93. The Balaban J connectivity index is 2.03. The van der Waals surface area contributed by atoms with Gasteiger partial charge in [-0.25, -0.2) is 4.98 Å². The summed E-state index contributed by atoms with van der Waals surface area (Å²) in [6, 6.07) is 4.53. The molecule has 2 rings (SSSR count). The van der Waals surface area contributed by atoms with Crippen LogP contribution in [0.2, 0.25) is 0 Å². The minimum Gasteiger partial charge on any atom is -0.476 e. The molecule has 1 atom stereocenters. The van der Waals surface area contributed by atoms with Crippen molar-refractivity contribution in [2.24, 2.45) is 0 Å². The van der Waals surface area contributed by atoms with Crippen molar-refractivity contribution < 1.29 is 4.74 Å². The predicted octanol–water partition coefficient (Wildman–Crippen LogP) is 2.87. The van der Waals surface area contributed by atoms with Crippen molar-refractivity contribution in [2.45, 2.75) is 33.2 Å². The van der Waals surface area contributed by atoms with Crippen LogP contribution in [0.15, 0.2) is 18.5 Å². The molecule has 0 fully saturated rings. The number of anilines is 2. The number of nitrogens with one attached hydrogen (secondary N) is 1. The SMILES string of the molecule is CCOc1ncnc(NC(C)Cc2ccc(C)s2)c1N. The molecule has 6 heteroatoms. The Hall–Kier alpha value is -1.82. The Morgan fingerprint density at radius 3 is 2.85 bits per heavy atom. The average molecular weight is 292 g/mol. The van der Waals surface area contributed by atoms with Crippen LogP contribution < -0.4 is 15.8 Å². The van der Waals surface area contributed by atoms with Crippen molar-refractivity contribution in [3.05, 3.63) is 28.2 Å². The number of nitrogens with zero attached hydrogens (tertiary/aromatic N) is 2. The molecule has 0 aromatic carbocycles.